The highest BCUT2D eigenvalue weighted by Gasteiger charge is 2.14. The van der Waals surface area contributed by atoms with Gasteiger partial charge in [0.05, 0.1) is 27.7 Å². The molecule has 1 atom stereocenters. The zero-order valence-corrected chi connectivity index (χ0v) is 14.8. The minimum atomic E-state index is -0.0731. The first-order valence-corrected chi connectivity index (χ1v) is 9.20. The maximum absolute atomic E-state index is 12.2. The van der Waals surface area contributed by atoms with Crippen LogP contribution in [0, 0.1) is 0 Å². The molecule has 0 radical (unpaired) electrons. The van der Waals surface area contributed by atoms with Gasteiger partial charge in [0.25, 0.3) is 5.56 Å². The summed E-state index contributed by atoms with van der Waals surface area (Å²) in [6.45, 7) is 4.58. The number of aromatic nitrogens is 3. The van der Waals surface area contributed by atoms with E-state index in [9.17, 15) is 4.79 Å². The number of aromatic amines is 1. The molecule has 2 heterocycles. The number of quaternary nitrogens is 1. The number of fused-ring (bicyclic) bond motifs is 2. The quantitative estimate of drug-likeness (QED) is 0.579. The lowest BCUT2D eigenvalue weighted by Gasteiger charge is -2.15. The van der Waals surface area contributed by atoms with Gasteiger partial charge >= 0.3 is 0 Å². The van der Waals surface area contributed by atoms with Gasteiger partial charge in [0.15, 0.2) is 5.82 Å². The number of H-pyrrole nitrogens is 1. The molecule has 0 fully saturated rings. The van der Waals surface area contributed by atoms with Gasteiger partial charge < -0.3 is 9.88 Å². The average molecular weight is 351 g/mol. The van der Waals surface area contributed by atoms with Crippen LogP contribution >= 0.6 is 11.3 Å². The summed E-state index contributed by atoms with van der Waals surface area (Å²) in [5.74, 6) is 0.724. The molecule has 0 saturated carbocycles. The number of hydrogen-bond acceptors (Lipinski definition) is 4. The Balaban J connectivity index is 1.58. The Labute approximate surface area is 149 Å². The van der Waals surface area contributed by atoms with Gasteiger partial charge in [-0.2, -0.15) is 0 Å². The first-order valence-electron chi connectivity index (χ1n) is 8.39. The Kier molecular flexibility index (Phi) is 4.29. The fourth-order valence-electron chi connectivity index (χ4n) is 2.98. The molecule has 1 unspecified atom stereocenters. The zero-order chi connectivity index (χ0) is 17.2. The zero-order valence-electron chi connectivity index (χ0n) is 14.0. The molecule has 0 aliphatic carbocycles. The van der Waals surface area contributed by atoms with Crippen molar-refractivity contribution < 1.29 is 4.90 Å². The fourth-order valence-corrected chi connectivity index (χ4v) is 4.02. The predicted octanol–water partition coefficient (Wildman–Crippen LogP) is 2.14. The van der Waals surface area contributed by atoms with Gasteiger partial charge in [-0.3, -0.25) is 4.79 Å². The minimum Gasteiger partial charge on any atom is -0.323 e. The highest BCUT2D eigenvalue weighted by Crippen LogP contribution is 2.20. The van der Waals surface area contributed by atoms with Crippen molar-refractivity contribution in [2.24, 2.45) is 0 Å². The molecule has 6 heteroatoms. The van der Waals surface area contributed by atoms with E-state index in [4.69, 9.17) is 4.98 Å². The largest absolute Gasteiger partial charge is 0.323 e. The molecule has 2 N–H and O–H groups in total. The molecular formula is C19H19N4OS+. The molecule has 0 amide bonds. The van der Waals surface area contributed by atoms with E-state index in [0.29, 0.717) is 11.9 Å². The number of thiazole rings is 1. The van der Waals surface area contributed by atoms with E-state index in [1.54, 1.807) is 17.4 Å². The lowest BCUT2D eigenvalue weighted by molar-refractivity contribution is -0.926. The lowest BCUT2D eigenvalue weighted by Crippen LogP contribution is -3.09. The number of nitrogens with one attached hydrogen (secondary N) is 2. The average Bonchev–Trinajstić information content (AvgIpc) is 3.03. The van der Waals surface area contributed by atoms with Crippen LogP contribution in [-0.4, -0.2) is 21.5 Å². The second kappa shape index (κ2) is 6.74. The van der Waals surface area contributed by atoms with Gasteiger partial charge in [0, 0.05) is 0 Å². The van der Waals surface area contributed by atoms with E-state index in [2.05, 4.69) is 23.0 Å². The van der Waals surface area contributed by atoms with Gasteiger partial charge in [-0.1, -0.05) is 24.3 Å². The smallest absolute Gasteiger partial charge is 0.258 e. The van der Waals surface area contributed by atoms with Crippen molar-refractivity contribution >= 4 is 32.5 Å². The Morgan fingerprint density at radius 2 is 1.76 bits per heavy atom. The van der Waals surface area contributed by atoms with Crippen LogP contribution in [-0.2, 0) is 13.1 Å². The number of nitrogens with zero attached hydrogens (tertiary/aromatic N) is 2. The van der Waals surface area contributed by atoms with Gasteiger partial charge in [-0.25, -0.2) is 9.97 Å². The molecule has 2 aromatic carbocycles. The molecule has 126 valence electrons. The van der Waals surface area contributed by atoms with Crippen molar-refractivity contribution in [1.29, 1.82) is 0 Å². The summed E-state index contributed by atoms with van der Waals surface area (Å²) in [6.07, 6.45) is 0. The van der Waals surface area contributed by atoms with Crippen LogP contribution in [0.1, 0.15) is 17.8 Å². The Hall–Kier alpha value is -2.57. The third-order valence-corrected chi connectivity index (χ3v) is 5.36. The van der Waals surface area contributed by atoms with Crippen LogP contribution in [0.25, 0.3) is 21.1 Å². The summed E-state index contributed by atoms with van der Waals surface area (Å²) in [4.78, 5) is 25.8. The molecule has 0 aliphatic rings. The summed E-state index contributed by atoms with van der Waals surface area (Å²) in [6, 6.07) is 15.6. The third kappa shape index (κ3) is 3.31. The van der Waals surface area contributed by atoms with Crippen LogP contribution in [0.15, 0.2) is 53.3 Å². The van der Waals surface area contributed by atoms with Gasteiger partial charge in [-0.15, -0.1) is 11.3 Å². The van der Waals surface area contributed by atoms with Gasteiger partial charge in [0.1, 0.15) is 18.1 Å². The molecule has 0 aliphatic heterocycles. The monoisotopic (exact) mass is 351 g/mol. The molecule has 0 saturated heterocycles. The minimum absolute atomic E-state index is 0.0731. The van der Waals surface area contributed by atoms with Gasteiger partial charge in [-0.05, 0) is 31.2 Å². The third-order valence-electron chi connectivity index (χ3n) is 4.32. The second-order valence-corrected chi connectivity index (χ2v) is 7.18. The number of para-hydroxylation sites is 2. The normalized spacial score (nSPS) is 12.7. The maximum atomic E-state index is 12.2. The molecule has 5 nitrogen and oxygen atoms in total. The van der Waals surface area contributed by atoms with E-state index in [-0.39, 0.29) is 5.56 Å². The second-order valence-electron chi connectivity index (χ2n) is 6.06. The van der Waals surface area contributed by atoms with Gasteiger partial charge in [0.2, 0.25) is 0 Å². The van der Waals surface area contributed by atoms with Crippen LogP contribution in [0.5, 0.6) is 0 Å². The predicted molar refractivity (Wildman–Crippen MR) is 101 cm³/mol. The van der Waals surface area contributed by atoms with E-state index < -0.39 is 0 Å². The van der Waals surface area contributed by atoms with Crippen LogP contribution < -0.4 is 10.5 Å². The summed E-state index contributed by atoms with van der Waals surface area (Å²) >= 11 is 1.73. The first kappa shape index (κ1) is 15.9. The Morgan fingerprint density at radius 3 is 2.56 bits per heavy atom. The Morgan fingerprint density at radius 1 is 1.00 bits per heavy atom. The SMILES string of the molecule is CC[NH+](Cc1nc2ccccc2c(=O)[nH]1)Cc1nc2ccccc2s1. The van der Waals surface area contributed by atoms with E-state index in [1.807, 2.05) is 36.4 Å². The summed E-state index contributed by atoms with van der Waals surface area (Å²) in [5.41, 5.74) is 1.72. The maximum Gasteiger partial charge on any atom is 0.258 e. The van der Waals surface area contributed by atoms with Crippen LogP contribution in [0.2, 0.25) is 0 Å². The summed E-state index contributed by atoms with van der Waals surface area (Å²) in [7, 11) is 0. The van der Waals surface area contributed by atoms with Crippen molar-refractivity contribution in [3.05, 3.63) is 69.7 Å². The lowest BCUT2D eigenvalue weighted by atomic mass is 10.2. The molecule has 4 rings (SSSR count). The van der Waals surface area contributed by atoms with E-state index in [1.165, 1.54) is 9.60 Å². The number of hydrogen-bond donors (Lipinski definition) is 2. The van der Waals surface area contributed by atoms with E-state index in [0.717, 1.165) is 35.0 Å². The van der Waals surface area contributed by atoms with Crippen molar-refractivity contribution in [2.45, 2.75) is 20.0 Å². The molecule has 0 spiro atoms. The topological polar surface area (TPSA) is 63.1 Å². The highest BCUT2D eigenvalue weighted by molar-refractivity contribution is 7.18. The number of rotatable bonds is 5. The fraction of sp³-hybridized carbons (Fsp3) is 0.211. The standard InChI is InChI=1S/C19H18N4OS/c1-2-23(12-18-21-15-9-5-6-10-16(15)25-18)11-17-20-14-8-4-3-7-13(14)19(24)22-17/h3-10H,2,11-12H2,1H3,(H,20,22,24)/p+1. The molecule has 2 aromatic heterocycles. The summed E-state index contributed by atoms with van der Waals surface area (Å²) in [5, 5.41) is 1.75. The molecule has 0 bridgehead atoms. The molecule has 4 aromatic rings. The Bertz CT molecular complexity index is 1050. The van der Waals surface area contributed by atoms with Crippen LogP contribution in [0.4, 0.5) is 0 Å². The van der Waals surface area contributed by atoms with Crippen molar-refractivity contribution in [1.82, 2.24) is 15.0 Å². The molecular weight excluding hydrogens is 332 g/mol. The van der Waals surface area contributed by atoms with Crippen molar-refractivity contribution in [3.8, 4) is 0 Å². The van der Waals surface area contributed by atoms with Crippen molar-refractivity contribution in [2.75, 3.05) is 6.54 Å². The first-order chi connectivity index (χ1) is 12.2. The number of benzene rings is 2. The molecule has 25 heavy (non-hydrogen) atoms. The highest BCUT2D eigenvalue weighted by atomic mass is 32.1. The summed E-state index contributed by atoms with van der Waals surface area (Å²) < 4.78 is 1.21. The van der Waals surface area contributed by atoms with Crippen molar-refractivity contribution in [3.63, 3.8) is 0 Å². The van der Waals surface area contributed by atoms with Crippen LogP contribution in [0.3, 0.4) is 0 Å². The van der Waals surface area contributed by atoms with E-state index >= 15 is 0 Å².